The monoisotopic (exact) mass is 264 g/mol. The second kappa shape index (κ2) is 8.31. The zero-order valence-corrected chi connectivity index (χ0v) is 10.9. The smallest absolute Gasteiger partial charge is 0.325 e. The minimum absolute atomic E-state index is 0. The summed E-state index contributed by atoms with van der Waals surface area (Å²) in [6.45, 7) is 2.03. The first-order valence-corrected chi connectivity index (χ1v) is 5.82. The predicted molar refractivity (Wildman–Crippen MR) is 66.8 cm³/mol. The van der Waals surface area contributed by atoms with Crippen LogP contribution in [0.25, 0.3) is 0 Å². The standard InChI is InChI=1S/C11H20N2O3.ClH/c1-2-16-10(14)7-13-11(15)8-4-3-5-9(12)6-8;/h8-9H,2-7,12H2,1H3,(H,13,15);1H. The highest BCUT2D eigenvalue weighted by molar-refractivity contribution is 5.85. The number of hydrogen-bond acceptors (Lipinski definition) is 4. The van der Waals surface area contributed by atoms with Crippen LogP contribution in [0.4, 0.5) is 0 Å². The van der Waals surface area contributed by atoms with Crippen molar-refractivity contribution in [2.75, 3.05) is 13.2 Å². The lowest BCUT2D eigenvalue weighted by Crippen LogP contribution is -2.40. The van der Waals surface area contributed by atoms with E-state index in [9.17, 15) is 9.59 Å². The predicted octanol–water partition coefficient (Wildman–Crippen LogP) is 0.605. The first kappa shape index (κ1) is 16.2. The largest absolute Gasteiger partial charge is 0.465 e. The summed E-state index contributed by atoms with van der Waals surface area (Å²) in [5, 5.41) is 2.59. The van der Waals surface area contributed by atoms with E-state index < -0.39 is 5.97 Å². The van der Waals surface area contributed by atoms with E-state index in [1.807, 2.05) is 0 Å². The number of nitrogens with one attached hydrogen (secondary N) is 1. The molecule has 0 spiro atoms. The Hall–Kier alpha value is -0.810. The maximum Gasteiger partial charge on any atom is 0.325 e. The van der Waals surface area contributed by atoms with E-state index in [0.29, 0.717) is 13.0 Å². The molecule has 6 heteroatoms. The average Bonchev–Trinajstić information content (AvgIpc) is 2.26. The van der Waals surface area contributed by atoms with Crippen molar-refractivity contribution < 1.29 is 14.3 Å². The van der Waals surface area contributed by atoms with Gasteiger partial charge in [-0.25, -0.2) is 0 Å². The Morgan fingerprint density at radius 3 is 2.71 bits per heavy atom. The van der Waals surface area contributed by atoms with Gasteiger partial charge in [-0.15, -0.1) is 12.4 Å². The summed E-state index contributed by atoms with van der Waals surface area (Å²) < 4.78 is 4.72. The second-order valence-corrected chi connectivity index (χ2v) is 4.15. The molecule has 17 heavy (non-hydrogen) atoms. The molecule has 3 N–H and O–H groups in total. The summed E-state index contributed by atoms with van der Waals surface area (Å²) >= 11 is 0. The van der Waals surface area contributed by atoms with Crippen molar-refractivity contribution >= 4 is 24.3 Å². The Morgan fingerprint density at radius 2 is 2.12 bits per heavy atom. The molecular weight excluding hydrogens is 244 g/mol. The van der Waals surface area contributed by atoms with Gasteiger partial charge in [-0.05, 0) is 26.2 Å². The normalized spacial score (nSPS) is 23.4. The number of carbonyl (C=O) groups excluding carboxylic acids is 2. The van der Waals surface area contributed by atoms with Gasteiger partial charge in [0.15, 0.2) is 0 Å². The molecule has 2 atom stereocenters. The Kier molecular flexibility index (Phi) is 7.91. The summed E-state index contributed by atoms with van der Waals surface area (Å²) in [5.74, 6) is -0.516. The molecule has 0 aromatic carbocycles. The van der Waals surface area contributed by atoms with Gasteiger partial charge < -0.3 is 15.8 Å². The van der Waals surface area contributed by atoms with Crippen molar-refractivity contribution in [3.8, 4) is 0 Å². The van der Waals surface area contributed by atoms with E-state index in [4.69, 9.17) is 10.5 Å². The van der Waals surface area contributed by atoms with Crippen LogP contribution in [0.1, 0.15) is 32.6 Å². The van der Waals surface area contributed by atoms with E-state index in [1.54, 1.807) is 6.92 Å². The lowest BCUT2D eigenvalue weighted by molar-refractivity contribution is -0.144. The van der Waals surface area contributed by atoms with Crippen LogP contribution in [0.5, 0.6) is 0 Å². The quantitative estimate of drug-likeness (QED) is 0.729. The van der Waals surface area contributed by atoms with Gasteiger partial charge in [0.05, 0.1) is 6.61 Å². The van der Waals surface area contributed by atoms with Crippen LogP contribution in [-0.2, 0) is 14.3 Å². The van der Waals surface area contributed by atoms with Gasteiger partial charge in [0, 0.05) is 12.0 Å². The maximum atomic E-state index is 11.7. The van der Waals surface area contributed by atoms with Gasteiger partial charge in [0.25, 0.3) is 0 Å². The third-order valence-electron chi connectivity index (χ3n) is 2.80. The van der Waals surface area contributed by atoms with Crippen LogP contribution in [0.15, 0.2) is 0 Å². The molecule has 0 aromatic heterocycles. The molecule has 2 unspecified atom stereocenters. The van der Waals surface area contributed by atoms with Gasteiger partial charge in [-0.2, -0.15) is 0 Å². The summed E-state index contributed by atoms with van der Waals surface area (Å²) in [6, 6.07) is 0.118. The highest BCUT2D eigenvalue weighted by Gasteiger charge is 2.25. The first-order chi connectivity index (χ1) is 7.63. The molecule has 1 rings (SSSR count). The van der Waals surface area contributed by atoms with Crippen molar-refractivity contribution in [1.29, 1.82) is 0 Å². The van der Waals surface area contributed by atoms with Gasteiger partial charge in [0.1, 0.15) is 6.54 Å². The molecule has 0 radical (unpaired) electrons. The Labute approximate surface area is 108 Å². The fourth-order valence-corrected chi connectivity index (χ4v) is 1.98. The zero-order valence-electron chi connectivity index (χ0n) is 10.1. The number of esters is 1. The summed E-state index contributed by atoms with van der Waals surface area (Å²) in [5.41, 5.74) is 5.79. The second-order valence-electron chi connectivity index (χ2n) is 4.15. The number of ether oxygens (including phenoxy) is 1. The number of amides is 1. The van der Waals surface area contributed by atoms with Gasteiger partial charge in [-0.3, -0.25) is 9.59 Å². The number of nitrogens with two attached hydrogens (primary N) is 1. The molecule has 0 aliphatic heterocycles. The molecule has 1 aliphatic rings. The lowest BCUT2D eigenvalue weighted by Gasteiger charge is -2.25. The molecule has 0 aromatic rings. The topological polar surface area (TPSA) is 81.4 Å². The van der Waals surface area contributed by atoms with E-state index in [1.165, 1.54) is 0 Å². The molecule has 1 fully saturated rings. The van der Waals surface area contributed by atoms with Crippen molar-refractivity contribution in [2.45, 2.75) is 38.6 Å². The number of carbonyl (C=O) groups is 2. The molecule has 1 aliphatic carbocycles. The highest BCUT2D eigenvalue weighted by Crippen LogP contribution is 2.22. The fourth-order valence-electron chi connectivity index (χ4n) is 1.98. The van der Waals surface area contributed by atoms with E-state index in [-0.39, 0.29) is 36.8 Å². The summed E-state index contributed by atoms with van der Waals surface area (Å²) in [7, 11) is 0. The van der Waals surface area contributed by atoms with Crippen LogP contribution in [-0.4, -0.2) is 31.1 Å². The summed E-state index contributed by atoms with van der Waals surface area (Å²) in [6.07, 6.45) is 3.55. The number of rotatable bonds is 4. The molecule has 0 saturated heterocycles. The van der Waals surface area contributed by atoms with E-state index >= 15 is 0 Å². The summed E-state index contributed by atoms with van der Waals surface area (Å²) in [4.78, 5) is 22.7. The fraction of sp³-hybridized carbons (Fsp3) is 0.818. The Balaban J connectivity index is 0.00000256. The van der Waals surface area contributed by atoms with Crippen molar-refractivity contribution in [3.05, 3.63) is 0 Å². The van der Waals surface area contributed by atoms with Crippen molar-refractivity contribution in [3.63, 3.8) is 0 Å². The molecule has 0 heterocycles. The minimum atomic E-state index is -0.393. The number of hydrogen-bond donors (Lipinski definition) is 2. The molecule has 5 nitrogen and oxygen atoms in total. The molecule has 1 amide bonds. The lowest BCUT2D eigenvalue weighted by atomic mass is 9.85. The minimum Gasteiger partial charge on any atom is -0.465 e. The van der Waals surface area contributed by atoms with Crippen LogP contribution in [0, 0.1) is 5.92 Å². The first-order valence-electron chi connectivity index (χ1n) is 5.82. The van der Waals surface area contributed by atoms with Gasteiger partial charge in [-0.1, -0.05) is 6.42 Å². The van der Waals surface area contributed by atoms with Crippen LogP contribution in [0.3, 0.4) is 0 Å². The SMILES string of the molecule is CCOC(=O)CNC(=O)C1CCCC(N)C1.Cl. The van der Waals surface area contributed by atoms with Crippen molar-refractivity contribution in [2.24, 2.45) is 11.7 Å². The molecule has 1 saturated carbocycles. The number of halogens is 1. The van der Waals surface area contributed by atoms with Crippen LogP contribution >= 0.6 is 12.4 Å². The van der Waals surface area contributed by atoms with E-state index in [0.717, 1.165) is 19.3 Å². The molecule has 100 valence electrons. The molecule has 0 bridgehead atoms. The van der Waals surface area contributed by atoms with Crippen LogP contribution < -0.4 is 11.1 Å². The average molecular weight is 265 g/mol. The Bertz CT molecular complexity index is 261. The van der Waals surface area contributed by atoms with Gasteiger partial charge in [0.2, 0.25) is 5.91 Å². The third kappa shape index (κ3) is 5.89. The van der Waals surface area contributed by atoms with Crippen LogP contribution in [0.2, 0.25) is 0 Å². The third-order valence-corrected chi connectivity index (χ3v) is 2.80. The highest BCUT2D eigenvalue weighted by atomic mass is 35.5. The Morgan fingerprint density at radius 1 is 1.41 bits per heavy atom. The van der Waals surface area contributed by atoms with Gasteiger partial charge >= 0.3 is 5.97 Å². The van der Waals surface area contributed by atoms with E-state index in [2.05, 4.69) is 5.32 Å². The zero-order chi connectivity index (χ0) is 12.0. The molecular formula is C11H21ClN2O3. The maximum absolute atomic E-state index is 11.7. The van der Waals surface area contributed by atoms with Crippen molar-refractivity contribution in [1.82, 2.24) is 5.32 Å².